The molecule has 5 nitrogen and oxygen atoms in total. The third-order valence-corrected chi connectivity index (χ3v) is 6.01. The van der Waals surface area contributed by atoms with E-state index in [0.717, 1.165) is 17.5 Å². The Morgan fingerprint density at radius 3 is 2.54 bits per heavy atom. The van der Waals surface area contributed by atoms with Gasteiger partial charge >= 0.3 is 0 Å². The van der Waals surface area contributed by atoms with Crippen LogP contribution in [0.4, 0.5) is 0 Å². The molecule has 1 unspecified atom stereocenters. The third kappa shape index (κ3) is 3.98. The number of hydrogen-bond donors (Lipinski definition) is 1. The van der Waals surface area contributed by atoms with Gasteiger partial charge in [-0.15, -0.1) is 0 Å². The van der Waals surface area contributed by atoms with E-state index in [1.807, 2.05) is 26.0 Å². The molecule has 7 heteroatoms. The van der Waals surface area contributed by atoms with Crippen molar-refractivity contribution in [2.24, 2.45) is 0 Å². The molecule has 1 N–H and O–H groups in total. The maximum Gasteiger partial charge on any atom is 0.241 e. The van der Waals surface area contributed by atoms with E-state index in [4.69, 9.17) is 21.1 Å². The van der Waals surface area contributed by atoms with Gasteiger partial charge in [-0.05, 0) is 62.1 Å². The van der Waals surface area contributed by atoms with Crippen molar-refractivity contribution in [1.82, 2.24) is 4.72 Å². The molecule has 0 saturated heterocycles. The number of ether oxygens (including phenoxy) is 2. The fourth-order valence-corrected chi connectivity index (χ4v) is 4.62. The summed E-state index contributed by atoms with van der Waals surface area (Å²) in [4.78, 5) is 0.159. The van der Waals surface area contributed by atoms with Gasteiger partial charge in [-0.3, -0.25) is 0 Å². The predicted octanol–water partition coefficient (Wildman–Crippen LogP) is 4.10. The number of aryl methyl sites for hydroxylation is 1. The highest BCUT2D eigenvalue weighted by atomic mass is 35.5. The molecule has 2 aromatic rings. The number of benzene rings is 2. The van der Waals surface area contributed by atoms with E-state index in [1.54, 1.807) is 12.1 Å². The molecule has 1 aliphatic carbocycles. The van der Waals surface area contributed by atoms with Crippen molar-refractivity contribution >= 4 is 21.6 Å². The van der Waals surface area contributed by atoms with Crippen LogP contribution < -0.4 is 14.2 Å². The predicted molar refractivity (Wildman–Crippen MR) is 102 cm³/mol. The molecule has 140 valence electrons. The number of nitrogens with one attached hydrogen (secondary N) is 1. The molecule has 1 atom stereocenters. The van der Waals surface area contributed by atoms with Crippen LogP contribution in [0.2, 0.25) is 5.02 Å². The zero-order valence-electron chi connectivity index (χ0n) is 14.8. The summed E-state index contributed by atoms with van der Waals surface area (Å²) in [5.41, 5.74) is 2.07. The van der Waals surface area contributed by atoms with Crippen molar-refractivity contribution in [3.05, 3.63) is 52.5 Å². The van der Waals surface area contributed by atoms with E-state index in [2.05, 4.69) is 4.72 Å². The van der Waals surface area contributed by atoms with E-state index in [0.29, 0.717) is 36.2 Å². The molecular weight excluding hydrogens is 374 g/mol. The van der Waals surface area contributed by atoms with Crippen molar-refractivity contribution in [3.63, 3.8) is 0 Å². The van der Waals surface area contributed by atoms with Gasteiger partial charge in [0, 0.05) is 17.1 Å². The van der Waals surface area contributed by atoms with Crippen LogP contribution >= 0.6 is 11.6 Å². The summed E-state index contributed by atoms with van der Waals surface area (Å²) in [7, 11) is -3.69. The van der Waals surface area contributed by atoms with Crippen LogP contribution in [0.15, 0.2) is 41.3 Å². The zero-order chi connectivity index (χ0) is 18.7. The minimum absolute atomic E-state index is 0.159. The molecular formula is C19H22ClNO4S. The fraction of sp³-hybridized carbons (Fsp3) is 0.368. The largest absolute Gasteiger partial charge is 0.490 e. The molecule has 1 aliphatic rings. The second kappa shape index (κ2) is 7.86. The molecule has 0 bridgehead atoms. The quantitative estimate of drug-likeness (QED) is 0.766. The maximum absolute atomic E-state index is 12.9. The van der Waals surface area contributed by atoms with Gasteiger partial charge in [0.2, 0.25) is 10.0 Å². The Balaban J connectivity index is 1.86. The summed E-state index contributed by atoms with van der Waals surface area (Å²) in [6, 6.07) is 10.00. The number of hydrogen-bond acceptors (Lipinski definition) is 4. The van der Waals surface area contributed by atoms with Crippen LogP contribution in [0.5, 0.6) is 11.5 Å². The summed E-state index contributed by atoms with van der Waals surface area (Å²) in [6.45, 7) is 4.61. The lowest BCUT2D eigenvalue weighted by Gasteiger charge is -2.16. The molecule has 0 heterocycles. The van der Waals surface area contributed by atoms with E-state index in [-0.39, 0.29) is 10.9 Å². The van der Waals surface area contributed by atoms with Gasteiger partial charge in [-0.2, -0.15) is 0 Å². The lowest BCUT2D eigenvalue weighted by Crippen LogP contribution is -2.27. The van der Waals surface area contributed by atoms with Gasteiger partial charge in [-0.1, -0.05) is 17.7 Å². The van der Waals surface area contributed by atoms with Crippen molar-refractivity contribution in [3.8, 4) is 11.5 Å². The second-order valence-electron chi connectivity index (χ2n) is 6.03. The van der Waals surface area contributed by atoms with Gasteiger partial charge in [0.05, 0.1) is 18.1 Å². The number of sulfonamides is 1. The summed E-state index contributed by atoms with van der Waals surface area (Å²) in [6.07, 6.45) is 1.51. The number of halogens is 1. The first-order chi connectivity index (χ1) is 12.4. The molecule has 0 amide bonds. The highest BCUT2D eigenvalue weighted by Crippen LogP contribution is 2.35. The molecule has 26 heavy (non-hydrogen) atoms. The first-order valence-electron chi connectivity index (χ1n) is 8.65. The van der Waals surface area contributed by atoms with E-state index in [1.165, 1.54) is 12.1 Å². The van der Waals surface area contributed by atoms with Crippen LogP contribution in [0.1, 0.15) is 37.4 Å². The summed E-state index contributed by atoms with van der Waals surface area (Å²) >= 11 is 6.02. The van der Waals surface area contributed by atoms with E-state index >= 15 is 0 Å². The van der Waals surface area contributed by atoms with Crippen LogP contribution in [0.25, 0.3) is 0 Å². The summed E-state index contributed by atoms with van der Waals surface area (Å²) < 4.78 is 39.5. The average Bonchev–Trinajstić information content (AvgIpc) is 2.98. The van der Waals surface area contributed by atoms with Crippen LogP contribution in [0.3, 0.4) is 0 Å². The first-order valence-corrected chi connectivity index (χ1v) is 10.5. The van der Waals surface area contributed by atoms with E-state index < -0.39 is 10.0 Å². The number of fused-ring (bicyclic) bond motifs is 1. The van der Waals surface area contributed by atoms with Crippen molar-refractivity contribution in [2.45, 2.75) is 37.6 Å². The third-order valence-electron chi connectivity index (χ3n) is 4.31. The Morgan fingerprint density at radius 1 is 1.08 bits per heavy atom. The minimum atomic E-state index is -3.69. The molecule has 0 saturated carbocycles. The van der Waals surface area contributed by atoms with Gasteiger partial charge < -0.3 is 9.47 Å². The molecule has 0 fully saturated rings. The monoisotopic (exact) mass is 395 g/mol. The first kappa shape index (κ1) is 19.0. The fourth-order valence-electron chi connectivity index (χ4n) is 3.16. The van der Waals surface area contributed by atoms with Gasteiger partial charge in [-0.25, -0.2) is 13.1 Å². The summed E-state index contributed by atoms with van der Waals surface area (Å²) in [5.74, 6) is 0.963. The maximum atomic E-state index is 12.9. The van der Waals surface area contributed by atoms with Crippen molar-refractivity contribution < 1.29 is 17.9 Å². The normalized spacial score (nSPS) is 16.3. The zero-order valence-corrected chi connectivity index (χ0v) is 16.4. The molecule has 0 aliphatic heterocycles. The highest BCUT2D eigenvalue weighted by molar-refractivity contribution is 7.89. The lowest BCUT2D eigenvalue weighted by atomic mass is 10.1. The lowest BCUT2D eigenvalue weighted by molar-refractivity contribution is 0.287. The molecule has 0 aromatic heterocycles. The average molecular weight is 396 g/mol. The van der Waals surface area contributed by atoms with Crippen LogP contribution in [-0.4, -0.2) is 21.6 Å². The SMILES string of the molecule is CCOc1ccc(S(=O)(=O)NC2CCc3cc(Cl)ccc32)cc1OCC. The smallest absolute Gasteiger partial charge is 0.241 e. The Hall–Kier alpha value is -1.76. The topological polar surface area (TPSA) is 64.6 Å². The van der Waals surface area contributed by atoms with Crippen LogP contribution in [0, 0.1) is 0 Å². The standard InChI is InChI=1S/C19H22ClNO4S/c1-3-24-18-10-7-15(12-19(18)25-4-2)26(22,23)21-17-9-5-13-11-14(20)6-8-16(13)17/h6-8,10-12,17,21H,3-5,9H2,1-2H3. The minimum Gasteiger partial charge on any atom is -0.490 e. The molecule has 0 radical (unpaired) electrons. The van der Waals surface area contributed by atoms with Crippen molar-refractivity contribution in [1.29, 1.82) is 0 Å². The Kier molecular flexibility index (Phi) is 5.75. The van der Waals surface area contributed by atoms with Gasteiger partial charge in [0.15, 0.2) is 11.5 Å². The molecule has 2 aromatic carbocycles. The van der Waals surface area contributed by atoms with E-state index in [9.17, 15) is 8.42 Å². The second-order valence-corrected chi connectivity index (χ2v) is 8.18. The Morgan fingerprint density at radius 2 is 1.81 bits per heavy atom. The summed E-state index contributed by atoms with van der Waals surface area (Å²) in [5, 5.41) is 0.667. The van der Waals surface area contributed by atoms with Gasteiger partial charge in [0.1, 0.15) is 0 Å². The Labute approximate surface area is 159 Å². The number of rotatable bonds is 7. The highest BCUT2D eigenvalue weighted by Gasteiger charge is 2.28. The molecule has 0 spiro atoms. The Bertz CT molecular complexity index is 898. The van der Waals surface area contributed by atoms with Crippen molar-refractivity contribution in [2.75, 3.05) is 13.2 Å². The van der Waals surface area contributed by atoms with Crippen LogP contribution in [-0.2, 0) is 16.4 Å². The molecule has 3 rings (SSSR count). The van der Waals surface area contributed by atoms with Gasteiger partial charge in [0.25, 0.3) is 0 Å².